The second kappa shape index (κ2) is 3.52. The van der Waals surface area contributed by atoms with Crippen LogP contribution in [0.1, 0.15) is 19.8 Å². The van der Waals surface area contributed by atoms with E-state index in [4.69, 9.17) is 0 Å². The lowest BCUT2D eigenvalue weighted by atomic mass is 9.69. The molecule has 0 aromatic rings. The molecule has 1 saturated carbocycles. The van der Waals surface area contributed by atoms with Gasteiger partial charge in [0.05, 0.1) is 6.07 Å². The molecule has 1 saturated heterocycles. The van der Waals surface area contributed by atoms with Crippen molar-refractivity contribution in [3.05, 3.63) is 0 Å². The Labute approximate surface area is 86.3 Å². The molecular weight excluding hydrogens is 174 g/mol. The molecule has 0 atom stereocenters. The largest absolute Gasteiger partial charge is 0.304 e. The minimum atomic E-state index is -0.0966. The van der Waals surface area contributed by atoms with Crippen LogP contribution in [0.4, 0.5) is 0 Å². The molecule has 0 aromatic heterocycles. The van der Waals surface area contributed by atoms with Crippen LogP contribution in [0.5, 0.6) is 0 Å². The van der Waals surface area contributed by atoms with Crippen LogP contribution in [0.2, 0.25) is 0 Å². The summed E-state index contributed by atoms with van der Waals surface area (Å²) in [7, 11) is 2.15. The number of nitriles is 1. The number of nitrogens with zero attached hydrogens (tertiary/aromatic N) is 3. The van der Waals surface area contributed by atoms with Gasteiger partial charge in [-0.05, 0) is 25.8 Å². The Morgan fingerprint density at radius 3 is 2.21 bits per heavy atom. The summed E-state index contributed by atoms with van der Waals surface area (Å²) in [6, 6.07) is 2.54. The van der Waals surface area contributed by atoms with Gasteiger partial charge in [-0.15, -0.1) is 0 Å². The van der Waals surface area contributed by atoms with E-state index in [1.807, 2.05) is 0 Å². The first-order valence-corrected chi connectivity index (χ1v) is 5.51. The van der Waals surface area contributed by atoms with Gasteiger partial charge in [-0.1, -0.05) is 6.92 Å². The SMILES string of the molecule is CC1CC(C#N)(N2CCN(C)CC2)C1. The van der Waals surface area contributed by atoms with E-state index < -0.39 is 0 Å². The van der Waals surface area contributed by atoms with E-state index in [1.165, 1.54) is 0 Å². The molecule has 0 bridgehead atoms. The molecule has 78 valence electrons. The number of rotatable bonds is 1. The van der Waals surface area contributed by atoms with Gasteiger partial charge in [0.2, 0.25) is 0 Å². The standard InChI is InChI=1S/C11H19N3/c1-10-7-11(8-10,9-12)14-5-3-13(2)4-6-14/h10H,3-8H2,1-2H3. The quantitative estimate of drug-likeness (QED) is 0.620. The van der Waals surface area contributed by atoms with Gasteiger partial charge < -0.3 is 4.90 Å². The van der Waals surface area contributed by atoms with Crippen molar-refractivity contribution in [2.75, 3.05) is 33.2 Å². The van der Waals surface area contributed by atoms with Gasteiger partial charge >= 0.3 is 0 Å². The average Bonchev–Trinajstić information content (AvgIpc) is 2.14. The summed E-state index contributed by atoms with van der Waals surface area (Å²) < 4.78 is 0. The van der Waals surface area contributed by atoms with Crippen molar-refractivity contribution in [1.82, 2.24) is 9.80 Å². The molecule has 0 N–H and O–H groups in total. The summed E-state index contributed by atoms with van der Waals surface area (Å²) in [4.78, 5) is 4.73. The molecule has 3 heteroatoms. The zero-order valence-electron chi connectivity index (χ0n) is 9.16. The van der Waals surface area contributed by atoms with E-state index in [9.17, 15) is 5.26 Å². The van der Waals surface area contributed by atoms with Gasteiger partial charge in [-0.2, -0.15) is 5.26 Å². The molecule has 2 aliphatic rings. The fourth-order valence-electron chi connectivity index (χ4n) is 2.75. The van der Waals surface area contributed by atoms with Crippen molar-refractivity contribution in [1.29, 1.82) is 5.26 Å². The smallest absolute Gasteiger partial charge is 0.109 e. The number of likely N-dealkylation sites (N-methyl/N-ethyl adjacent to an activating group) is 1. The molecule has 2 fully saturated rings. The number of piperazine rings is 1. The van der Waals surface area contributed by atoms with Crippen LogP contribution in [0, 0.1) is 17.2 Å². The van der Waals surface area contributed by atoms with Crippen molar-refractivity contribution >= 4 is 0 Å². The van der Waals surface area contributed by atoms with Crippen molar-refractivity contribution in [3.63, 3.8) is 0 Å². The average molecular weight is 193 g/mol. The van der Waals surface area contributed by atoms with Gasteiger partial charge in [-0.3, -0.25) is 4.90 Å². The van der Waals surface area contributed by atoms with Crippen LogP contribution in [0.25, 0.3) is 0 Å². The second-order valence-electron chi connectivity index (χ2n) is 4.95. The topological polar surface area (TPSA) is 30.3 Å². The molecule has 0 unspecified atom stereocenters. The predicted molar refractivity (Wildman–Crippen MR) is 55.8 cm³/mol. The normalized spacial score (nSPS) is 40.2. The molecule has 0 spiro atoms. The van der Waals surface area contributed by atoms with Gasteiger partial charge in [0.25, 0.3) is 0 Å². The van der Waals surface area contributed by atoms with Crippen LogP contribution in [0.15, 0.2) is 0 Å². The highest BCUT2D eigenvalue weighted by molar-refractivity contribution is 5.16. The lowest BCUT2D eigenvalue weighted by Crippen LogP contribution is -2.61. The first-order valence-electron chi connectivity index (χ1n) is 5.51. The van der Waals surface area contributed by atoms with Gasteiger partial charge in [0.15, 0.2) is 0 Å². The molecule has 0 aromatic carbocycles. The van der Waals surface area contributed by atoms with Crippen molar-refractivity contribution in [3.8, 4) is 6.07 Å². The van der Waals surface area contributed by atoms with Gasteiger partial charge in [0, 0.05) is 26.2 Å². The Kier molecular flexibility index (Phi) is 2.50. The fourth-order valence-corrected chi connectivity index (χ4v) is 2.75. The van der Waals surface area contributed by atoms with E-state index >= 15 is 0 Å². The first kappa shape index (κ1) is 9.95. The maximum atomic E-state index is 9.27. The lowest BCUT2D eigenvalue weighted by Gasteiger charge is -2.51. The van der Waals surface area contributed by atoms with Crippen LogP contribution in [-0.4, -0.2) is 48.6 Å². The highest BCUT2D eigenvalue weighted by atomic mass is 15.3. The van der Waals surface area contributed by atoms with E-state index in [1.54, 1.807) is 0 Å². The lowest BCUT2D eigenvalue weighted by molar-refractivity contribution is -0.00288. The highest BCUT2D eigenvalue weighted by Crippen LogP contribution is 2.41. The highest BCUT2D eigenvalue weighted by Gasteiger charge is 2.47. The van der Waals surface area contributed by atoms with Crippen molar-refractivity contribution in [2.45, 2.75) is 25.3 Å². The minimum absolute atomic E-state index is 0.0966. The van der Waals surface area contributed by atoms with Crippen LogP contribution in [-0.2, 0) is 0 Å². The summed E-state index contributed by atoms with van der Waals surface area (Å²) in [5.74, 6) is 0.745. The van der Waals surface area contributed by atoms with Crippen LogP contribution < -0.4 is 0 Å². The van der Waals surface area contributed by atoms with E-state index in [0.717, 1.165) is 44.9 Å². The van der Waals surface area contributed by atoms with Crippen molar-refractivity contribution < 1.29 is 0 Å². The minimum Gasteiger partial charge on any atom is -0.304 e. The summed E-state index contributed by atoms with van der Waals surface area (Å²) >= 11 is 0. The van der Waals surface area contributed by atoms with Gasteiger partial charge in [0.1, 0.15) is 5.54 Å². The summed E-state index contributed by atoms with van der Waals surface area (Å²) in [6.45, 7) is 6.59. The Hall–Kier alpha value is -0.590. The molecule has 3 nitrogen and oxygen atoms in total. The first-order chi connectivity index (χ1) is 6.66. The zero-order valence-corrected chi connectivity index (χ0v) is 9.16. The molecule has 1 aliphatic carbocycles. The predicted octanol–water partition coefficient (Wildman–Crippen LogP) is 0.926. The fraction of sp³-hybridized carbons (Fsp3) is 0.909. The molecular formula is C11H19N3. The molecule has 1 heterocycles. The van der Waals surface area contributed by atoms with E-state index in [-0.39, 0.29) is 5.54 Å². The molecule has 1 aliphatic heterocycles. The van der Waals surface area contributed by atoms with E-state index in [2.05, 4.69) is 29.8 Å². The maximum Gasteiger partial charge on any atom is 0.109 e. The summed E-state index contributed by atoms with van der Waals surface area (Å²) in [5, 5.41) is 9.27. The van der Waals surface area contributed by atoms with E-state index in [0.29, 0.717) is 0 Å². The Morgan fingerprint density at radius 2 is 1.79 bits per heavy atom. The summed E-state index contributed by atoms with van der Waals surface area (Å²) in [5.41, 5.74) is -0.0966. The molecule has 0 radical (unpaired) electrons. The third-order valence-corrected chi connectivity index (χ3v) is 3.69. The molecule has 14 heavy (non-hydrogen) atoms. The second-order valence-corrected chi connectivity index (χ2v) is 4.95. The third kappa shape index (κ3) is 1.53. The maximum absolute atomic E-state index is 9.27. The molecule has 0 amide bonds. The zero-order chi connectivity index (χ0) is 10.2. The number of hydrogen-bond donors (Lipinski definition) is 0. The third-order valence-electron chi connectivity index (χ3n) is 3.69. The van der Waals surface area contributed by atoms with Crippen LogP contribution >= 0.6 is 0 Å². The monoisotopic (exact) mass is 193 g/mol. The summed E-state index contributed by atoms with van der Waals surface area (Å²) in [6.07, 6.45) is 2.15. The van der Waals surface area contributed by atoms with Gasteiger partial charge in [-0.25, -0.2) is 0 Å². The molecule has 2 rings (SSSR count). The Bertz CT molecular complexity index is 242. The Morgan fingerprint density at radius 1 is 1.21 bits per heavy atom. The number of hydrogen-bond acceptors (Lipinski definition) is 3. The Balaban J connectivity index is 1.97. The van der Waals surface area contributed by atoms with Crippen molar-refractivity contribution in [2.24, 2.45) is 5.92 Å². The van der Waals surface area contributed by atoms with Crippen LogP contribution in [0.3, 0.4) is 0 Å².